The highest BCUT2D eigenvalue weighted by molar-refractivity contribution is 4.92. The highest BCUT2D eigenvalue weighted by Gasteiger charge is 2.34. The smallest absolute Gasteiger partial charge is 0.0252 e. The van der Waals surface area contributed by atoms with Crippen LogP contribution in [0.5, 0.6) is 0 Å². The van der Waals surface area contributed by atoms with Crippen LogP contribution in [0.25, 0.3) is 0 Å². The highest BCUT2D eigenvalue weighted by Crippen LogP contribution is 2.32. The predicted molar refractivity (Wildman–Crippen MR) is 78.9 cm³/mol. The Morgan fingerprint density at radius 2 is 2.00 bits per heavy atom. The van der Waals surface area contributed by atoms with Crippen LogP contribution in [-0.4, -0.2) is 36.6 Å². The number of rotatable bonds is 4. The van der Waals surface area contributed by atoms with Crippen molar-refractivity contribution < 1.29 is 0 Å². The van der Waals surface area contributed by atoms with E-state index < -0.39 is 0 Å². The number of piperidine rings is 1. The second-order valence-electron chi connectivity index (χ2n) is 6.56. The standard InChI is InChI=1S/C16H32N2/c1-4-14-8-9-15(17-5-2)16(11-14)18-10-6-7-13(3)12-18/h13-17H,4-12H2,1-3H3. The summed E-state index contributed by atoms with van der Waals surface area (Å²) in [6, 6.07) is 1.56. The van der Waals surface area contributed by atoms with Gasteiger partial charge in [-0.25, -0.2) is 0 Å². The van der Waals surface area contributed by atoms with Crippen molar-refractivity contribution in [2.45, 2.75) is 71.4 Å². The minimum atomic E-state index is 0.753. The molecule has 0 spiro atoms. The molecule has 0 aromatic carbocycles. The van der Waals surface area contributed by atoms with E-state index in [4.69, 9.17) is 0 Å². The van der Waals surface area contributed by atoms with Gasteiger partial charge in [0.05, 0.1) is 0 Å². The summed E-state index contributed by atoms with van der Waals surface area (Å²) < 4.78 is 0. The summed E-state index contributed by atoms with van der Waals surface area (Å²) >= 11 is 0. The fourth-order valence-electron chi connectivity index (χ4n) is 4.03. The van der Waals surface area contributed by atoms with Gasteiger partial charge in [0, 0.05) is 18.6 Å². The van der Waals surface area contributed by atoms with E-state index in [-0.39, 0.29) is 0 Å². The lowest BCUT2D eigenvalue weighted by atomic mass is 9.79. The van der Waals surface area contributed by atoms with E-state index in [1.807, 2.05) is 0 Å². The van der Waals surface area contributed by atoms with Crippen molar-refractivity contribution in [3.05, 3.63) is 0 Å². The Morgan fingerprint density at radius 3 is 2.67 bits per heavy atom. The number of likely N-dealkylation sites (tertiary alicyclic amines) is 1. The molecule has 1 saturated heterocycles. The van der Waals surface area contributed by atoms with Gasteiger partial charge in [-0.2, -0.15) is 0 Å². The van der Waals surface area contributed by atoms with Crippen LogP contribution in [0, 0.1) is 11.8 Å². The zero-order valence-corrected chi connectivity index (χ0v) is 12.6. The molecule has 2 nitrogen and oxygen atoms in total. The van der Waals surface area contributed by atoms with Crippen molar-refractivity contribution in [3.8, 4) is 0 Å². The van der Waals surface area contributed by atoms with Crippen molar-refractivity contribution in [1.82, 2.24) is 10.2 Å². The Balaban J connectivity index is 1.98. The molecule has 0 aromatic heterocycles. The van der Waals surface area contributed by atoms with Crippen molar-refractivity contribution in [1.29, 1.82) is 0 Å². The quantitative estimate of drug-likeness (QED) is 0.826. The zero-order chi connectivity index (χ0) is 13.0. The van der Waals surface area contributed by atoms with Crippen LogP contribution in [0.15, 0.2) is 0 Å². The molecule has 1 saturated carbocycles. The number of hydrogen-bond acceptors (Lipinski definition) is 2. The van der Waals surface area contributed by atoms with Gasteiger partial charge in [-0.05, 0) is 57.0 Å². The van der Waals surface area contributed by atoms with E-state index in [0.29, 0.717) is 0 Å². The van der Waals surface area contributed by atoms with Crippen LogP contribution in [0.4, 0.5) is 0 Å². The fraction of sp³-hybridized carbons (Fsp3) is 1.00. The maximum Gasteiger partial charge on any atom is 0.0252 e. The van der Waals surface area contributed by atoms with Crippen molar-refractivity contribution in [2.75, 3.05) is 19.6 Å². The molecule has 1 aliphatic carbocycles. The van der Waals surface area contributed by atoms with Gasteiger partial charge >= 0.3 is 0 Å². The Morgan fingerprint density at radius 1 is 1.17 bits per heavy atom. The van der Waals surface area contributed by atoms with Crippen LogP contribution in [0.2, 0.25) is 0 Å². The summed E-state index contributed by atoms with van der Waals surface area (Å²) in [5.41, 5.74) is 0. The summed E-state index contributed by atoms with van der Waals surface area (Å²) in [6.07, 6.45) is 8.48. The lowest BCUT2D eigenvalue weighted by molar-refractivity contribution is 0.0620. The van der Waals surface area contributed by atoms with Gasteiger partial charge in [-0.15, -0.1) is 0 Å². The molecule has 1 N–H and O–H groups in total. The minimum absolute atomic E-state index is 0.753. The fourth-order valence-corrected chi connectivity index (χ4v) is 4.03. The lowest BCUT2D eigenvalue weighted by Gasteiger charge is -2.45. The highest BCUT2D eigenvalue weighted by atomic mass is 15.2. The normalized spacial score (nSPS) is 38.8. The van der Waals surface area contributed by atoms with E-state index in [1.165, 1.54) is 51.6 Å². The maximum absolute atomic E-state index is 3.75. The van der Waals surface area contributed by atoms with Gasteiger partial charge < -0.3 is 5.32 Å². The molecular weight excluding hydrogens is 220 g/mol. The Labute approximate surface area is 114 Å². The molecule has 1 aliphatic heterocycles. The van der Waals surface area contributed by atoms with Crippen LogP contribution < -0.4 is 5.32 Å². The minimum Gasteiger partial charge on any atom is -0.313 e. The monoisotopic (exact) mass is 252 g/mol. The summed E-state index contributed by atoms with van der Waals surface area (Å²) in [7, 11) is 0. The second-order valence-corrected chi connectivity index (χ2v) is 6.56. The molecule has 0 bridgehead atoms. The summed E-state index contributed by atoms with van der Waals surface area (Å²) in [5, 5.41) is 3.75. The molecule has 2 rings (SSSR count). The van der Waals surface area contributed by atoms with Crippen molar-refractivity contribution in [2.24, 2.45) is 11.8 Å². The lowest BCUT2D eigenvalue weighted by Crippen LogP contribution is -2.55. The van der Waals surface area contributed by atoms with E-state index in [9.17, 15) is 0 Å². The third-order valence-corrected chi connectivity index (χ3v) is 5.13. The molecule has 1 heterocycles. The van der Waals surface area contributed by atoms with Crippen molar-refractivity contribution in [3.63, 3.8) is 0 Å². The van der Waals surface area contributed by atoms with Crippen LogP contribution in [0.1, 0.15) is 59.3 Å². The molecule has 18 heavy (non-hydrogen) atoms. The average molecular weight is 252 g/mol. The number of hydrogen-bond donors (Lipinski definition) is 1. The SMILES string of the molecule is CCNC1CCC(CC)CC1N1CCCC(C)C1. The first kappa shape index (κ1) is 14.3. The Kier molecular flexibility index (Phi) is 5.50. The van der Waals surface area contributed by atoms with Gasteiger partial charge in [0.2, 0.25) is 0 Å². The largest absolute Gasteiger partial charge is 0.313 e. The van der Waals surface area contributed by atoms with Crippen molar-refractivity contribution >= 4 is 0 Å². The molecule has 2 aliphatic rings. The number of likely N-dealkylation sites (N-methyl/N-ethyl adjacent to an activating group) is 1. The van der Waals surface area contributed by atoms with Gasteiger partial charge in [0.1, 0.15) is 0 Å². The third kappa shape index (κ3) is 3.48. The molecule has 4 unspecified atom stereocenters. The number of nitrogens with one attached hydrogen (secondary N) is 1. The van der Waals surface area contributed by atoms with Gasteiger partial charge in [0.15, 0.2) is 0 Å². The zero-order valence-electron chi connectivity index (χ0n) is 12.6. The third-order valence-electron chi connectivity index (χ3n) is 5.13. The molecule has 2 fully saturated rings. The Bertz CT molecular complexity index is 241. The molecule has 0 amide bonds. The summed E-state index contributed by atoms with van der Waals surface area (Å²) in [6.45, 7) is 10.8. The maximum atomic E-state index is 3.75. The van der Waals surface area contributed by atoms with Crippen LogP contribution >= 0.6 is 0 Å². The number of nitrogens with zero attached hydrogens (tertiary/aromatic N) is 1. The van der Waals surface area contributed by atoms with E-state index in [2.05, 4.69) is 31.0 Å². The molecule has 0 aromatic rings. The predicted octanol–water partition coefficient (Wildman–Crippen LogP) is 3.28. The van der Waals surface area contributed by atoms with Crippen LogP contribution in [-0.2, 0) is 0 Å². The molecule has 106 valence electrons. The molecule has 2 heteroatoms. The van der Waals surface area contributed by atoms with E-state index in [1.54, 1.807) is 0 Å². The van der Waals surface area contributed by atoms with Gasteiger partial charge in [-0.3, -0.25) is 4.90 Å². The van der Waals surface area contributed by atoms with Gasteiger partial charge in [-0.1, -0.05) is 27.2 Å². The summed E-state index contributed by atoms with van der Waals surface area (Å²) in [4.78, 5) is 2.81. The van der Waals surface area contributed by atoms with E-state index >= 15 is 0 Å². The Hall–Kier alpha value is -0.0800. The molecule has 0 radical (unpaired) electrons. The topological polar surface area (TPSA) is 15.3 Å². The van der Waals surface area contributed by atoms with Crippen LogP contribution in [0.3, 0.4) is 0 Å². The average Bonchev–Trinajstić information content (AvgIpc) is 2.39. The molecular formula is C16H32N2. The first-order valence-electron chi connectivity index (χ1n) is 8.22. The molecule has 4 atom stereocenters. The summed E-state index contributed by atoms with van der Waals surface area (Å²) in [5.74, 6) is 1.88. The van der Waals surface area contributed by atoms with E-state index in [0.717, 1.165) is 30.5 Å². The second kappa shape index (κ2) is 6.91. The first-order chi connectivity index (χ1) is 8.74. The first-order valence-corrected chi connectivity index (χ1v) is 8.22. The van der Waals surface area contributed by atoms with Gasteiger partial charge in [0.25, 0.3) is 0 Å².